The molecule has 2 rings (SSSR count). The molecule has 1 aliphatic rings. The molecule has 0 spiro atoms. The summed E-state index contributed by atoms with van der Waals surface area (Å²) in [7, 11) is 0. The maximum atomic E-state index is 12.1. The lowest BCUT2D eigenvalue weighted by molar-refractivity contribution is 0.0694. The van der Waals surface area contributed by atoms with Crippen molar-refractivity contribution in [3.05, 3.63) is 35.4 Å². The Hall–Kier alpha value is -1.88. The van der Waals surface area contributed by atoms with Crippen molar-refractivity contribution in [2.45, 2.75) is 18.9 Å². The Morgan fingerprint density at radius 2 is 1.78 bits per heavy atom. The summed E-state index contributed by atoms with van der Waals surface area (Å²) in [4.78, 5) is 23.3. The Labute approximate surface area is 105 Å². The summed E-state index contributed by atoms with van der Waals surface area (Å²) < 4.78 is 5.22. The zero-order valence-corrected chi connectivity index (χ0v) is 10.0. The van der Waals surface area contributed by atoms with Gasteiger partial charge in [0.25, 0.3) is 5.91 Å². The summed E-state index contributed by atoms with van der Waals surface area (Å²) in [6.07, 6.45) is 1.59. The van der Waals surface area contributed by atoms with Crippen molar-refractivity contribution in [2.24, 2.45) is 5.73 Å². The first-order chi connectivity index (χ1) is 8.68. The number of nitrogens with two attached hydrogens (primary N) is 1. The van der Waals surface area contributed by atoms with Crippen LogP contribution >= 0.6 is 0 Å². The van der Waals surface area contributed by atoms with Crippen LogP contribution in [0.3, 0.4) is 0 Å². The second-order valence-corrected chi connectivity index (χ2v) is 4.27. The van der Waals surface area contributed by atoms with E-state index in [1.165, 1.54) is 0 Å². The molecule has 5 nitrogen and oxygen atoms in total. The van der Waals surface area contributed by atoms with Gasteiger partial charge in [-0.25, -0.2) is 0 Å². The molecule has 0 bridgehead atoms. The molecule has 1 aromatic carbocycles. The van der Waals surface area contributed by atoms with Crippen molar-refractivity contribution < 1.29 is 14.3 Å². The highest BCUT2D eigenvalue weighted by molar-refractivity contribution is 6.06. The normalized spacial score (nSPS) is 16.2. The van der Waals surface area contributed by atoms with Crippen LogP contribution in [0.4, 0.5) is 0 Å². The molecule has 5 heteroatoms. The zero-order valence-electron chi connectivity index (χ0n) is 10.0. The maximum absolute atomic E-state index is 12.1. The van der Waals surface area contributed by atoms with Gasteiger partial charge in [0, 0.05) is 19.3 Å². The van der Waals surface area contributed by atoms with E-state index < -0.39 is 5.91 Å². The first-order valence-corrected chi connectivity index (χ1v) is 5.96. The number of primary amides is 1. The van der Waals surface area contributed by atoms with Gasteiger partial charge in [0.05, 0.1) is 11.1 Å². The van der Waals surface area contributed by atoms with Crippen molar-refractivity contribution >= 4 is 11.8 Å². The third kappa shape index (κ3) is 2.87. The van der Waals surface area contributed by atoms with Gasteiger partial charge in [0.1, 0.15) is 0 Å². The second kappa shape index (κ2) is 5.64. The fourth-order valence-corrected chi connectivity index (χ4v) is 2.00. The number of ether oxygens (including phenoxy) is 1. The topological polar surface area (TPSA) is 81.4 Å². The minimum Gasteiger partial charge on any atom is -0.381 e. The molecular weight excluding hydrogens is 232 g/mol. The largest absolute Gasteiger partial charge is 0.381 e. The van der Waals surface area contributed by atoms with Crippen LogP contribution in [-0.4, -0.2) is 31.1 Å². The SMILES string of the molecule is NC(=O)c1ccccc1C(=O)NC1CCOCC1. The Bertz CT molecular complexity index is 453. The van der Waals surface area contributed by atoms with Crippen LogP contribution in [0, 0.1) is 0 Å². The minimum atomic E-state index is -0.590. The lowest BCUT2D eigenvalue weighted by Gasteiger charge is -2.23. The molecule has 0 atom stereocenters. The lowest BCUT2D eigenvalue weighted by Crippen LogP contribution is -2.39. The maximum Gasteiger partial charge on any atom is 0.252 e. The van der Waals surface area contributed by atoms with E-state index in [-0.39, 0.29) is 17.5 Å². The quantitative estimate of drug-likeness (QED) is 0.826. The molecule has 3 N–H and O–H groups in total. The molecule has 0 aliphatic carbocycles. The number of nitrogens with one attached hydrogen (secondary N) is 1. The van der Waals surface area contributed by atoms with Gasteiger partial charge in [-0.15, -0.1) is 0 Å². The molecule has 1 saturated heterocycles. The van der Waals surface area contributed by atoms with Crippen LogP contribution in [0.2, 0.25) is 0 Å². The average Bonchev–Trinajstić information content (AvgIpc) is 2.40. The van der Waals surface area contributed by atoms with Crippen LogP contribution < -0.4 is 11.1 Å². The van der Waals surface area contributed by atoms with Gasteiger partial charge in [-0.3, -0.25) is 9.59 Å². The van der Waals surface area contributed by atoms with Crippen molar-refractivity contribution in [2.75, 3.05) is 13.2 Å². The van der Waals surface area contributed by atoms with Gasteiger partial charge in [-0.2, -0.15) is 0 Å². The van der Waals surface area contributed by atoms with Gasteiger partial charge in [0.2, 0.25) is 5.91 Å². The van der Waals surface area contributed by atoms with Crippen LogP contribution in [0.1, 0.15) is 33.6 Å². The molecule has 1 aromatic rings. The monoisotopic (exact) mass is 248 g/mol. The highest BCUT2D eigenvalue weighted by Gasteiger charge is 2.19. The Morgan fingerprint density at radius 3 is 2.39 bits per heavy atom. The number of rotatable bonds is 3. The molecule has 2 amide bonds. The fourth-order valence-electron chi connectivity index (χ4n) is 2.00. The minimum absolute atomic E-state index is 0.104. The lowest BCUT2D eigenvalue weighted by atomic mass is 10.0. The predicted molar refractivity (Wildman–Crippen MR) is 66.3 cm³/mol. The molecule has 1 aliphatic heterocycles. The first kappa shape index (κ1) is 12.6. The Balaban J connectivity index is 2.10. The van der Waals surface area contributed by atoms with E-state index in [0.29, 0.717) is 18.8 Å². The third-order valence-electron chi connectivity index (χ3n) is 2.99. The summed E-state index contributed by atoms with van der Waals surface area (Å²) in [5.74, 6) is -0.843. The van der Waals surface area contributed by atoms with Gasteiger partial charge >= 0.3 is 0 Å². The van der Waals surface area contributed by atoms with E-state index in [0.717, 1.165) is 12.8 Å². The highest BCUT2D eigenvalue weighted by Crippen LogP contribution is 2.11. The number of benzene rings is 1. The molecule has 0 saturated carbocycles. The Kier molecular flexibility index (Phi) is 3.94. The molecule has 0 radical (unpaired) electrons. The summed E-state index contributed by atoms with van der Waals surface area (Å²) >= 11 is 0. The van der Waals surface area contributed by atoms with E-state index in [4.69, 9.17) is 10.5 Å². The predicted octanol–water partition coefficient (Wildman–Crippen LogP) is 0.694. The van der Waals surface area contributed by atoms with E-state index in [1.54, 1.807) is 24.3 Å². The van der Waals surface area contributed by atoms with Gasteiger partial charge in [0.15, 0.2) is 0 Å². The smallest absolute Gasteiger partial charge is 0.252 e. The molecule has 18 heavy (non-hydrogen) atoms. The van der Waals surface area contributed by atoms with Crippen LogP contribution in [0.5, 0.6) is 0 Å². The number of hydrogen-bond donors (Lipinski definition) is 2. The number of carbonyl (C=O) groups is 2. The van der Waals surface area contributed by atoms with Crippen molar-refractivity contribution in [3.8, 4) is 0 Å². The summed E-state index contributed by atoms with van der Waals surface area (Å²) in [5.41, 5.74) is 5.83. The van der Waals surface area contributed by atoms with Crippen molar-refractivity contribution in [1.29, 1.82) is 0 Å². The number of hydrogen-bond acceptors (Lipinski definition) is 3. The van der Waals surface area contributed by atoms with Gasteiger partial charge in [-0.05, 0) is 25.0 Å². The summed E-state index contributed by atoms with van der Waals surface area (Å²) in [6.45, 7) is 1.31. The van der Waals surface area contributed by atoms with E-state index in [1.807, 2.05) is 0 Å². The third-order valence-corrected chi connectivity index (χ3v) is 2.99. The number of carbonyl (C=O) groups excluding carboxylic acids is 2. The molecule has 0 aromatic heterocycles. The summed E-state index contributed by atoms with van der Waals surface area (Å²) in [6, 6.07) is 6.67. The zero-order chi connectivity index (χ0) is 13.0. The Morgan fingerprint density at radius 1 is 1.17 bits per heavy atom. The highest BCUT2D eigenvalue weighted by atomic mass is 16.5. The summed E-state index contributed by atoms with van der Waals surface area (Å²) in [5, 5.41) is 2.90. The molecular formula is C13H16N2O3. The van der Waals surface area contributed by atoms with Gasteiger partial charge < -0.3 is 15.8 Å². The van der Waals surface area contributed by atoms with Crippen molar-refractivity contribution in [3.63, 3.8) is 0 Å². The van der Waals surface area contributed by atoms with E-state index >= 15 is 0 Å². The number of amides is 2. The molecule has 0 unspecified atom stereocenters. The van der Waals surface area contributed by atoms with Crippen LogP contribution in [0.25, 0.3) is 0 Å². The first-order valence-electron chi connectivity index (χ1n) is 5.96. The standard InChI is InChI=1S/C13H16N2O3/c14-12(16)10-3-1-2-4-11(10)13(17)15-9-5-7-18-8-6-9/h1-4,9H,5-8H2,(H2,14,16)(H,15,17). The average molecular weight is 248 g/mol. The van der Waals surface area contributed by atoms with Crippen molar-refractivity contribution in [1.82, 2.24) is 5.32 Å². The van der Waals surface area contributed by atoms with E-state index in [2.05, 4.69) is 5.32 Å². The van der Waals surface area contributed by atoms with Gasteiger partial charge in [-0.1, -0.05) is 12.1 Å². The molecule has 1 fully saturated rings. The molecule has 1 heterocycles. The molecule has 96 valence electrons. The second-order valence-electron chi connectivity index (χ2n) is 4.27. The van der Waals surface area contributed by atoms with Crippen LogP contribution in [-0.2, 0) is 4.74 Å². The van der Waals surface area contributed by atoms with Crippen LogP contribution in [0.15, 0.2) is 24.3 Å². The fraction of sp³-hybridized carbons (Fsp3) is 0.385. The van der Waals surface area contributed by atoms with E-state index in [9.17, 15) is 9.59 Å².